The van der Waals surface area contributed by atoms with Crippen molar-refractivity contribution in [3.8, 4) is 11.9 Å². The molecule has 0 bridgehead atoms. The molecule has 1 rings (SSSR count). The zero-order valence-corrected chi connectivity index (χ0v) is 8.68. The number of nitriles is 1. The van der Waals surface area contributed by atoms with Crippen molar-refractivity contribution in [3.05, 3.63) is 27.4 Å². The van der Waals surface area contributed by atoms with Gasteiger partial charge in [0.05, 0.1) is 30.1 Å². The van der Waals surface area contributed by atoms with Crippen LogP contribution in [0.5, 0.6) is 5.88 Å². The quantitative estimate of drug-likeness (QED) is 0.596. The van der Waals surface area contributed by atoms with Gasteiger partial charge in [0.15, 0.2) is 0 Å². The van der Waals surface area contributed by atoms with E-state index < -0.39 is 29.0 Å². The highest BCUT2D eigenvalue weighted by Crippen LogP contribution is 2.35. The summed E-state index contributed by atoms with van der Waals surface area (Å²) in [5, 5.41) is 19.3. The number of methoxy groups -OCH3 is 1. The van der Waals surface area contributed by atoms with E-state index in [2.05, 4.69) is 9.72 Å². The second-order valence-corrected chi connectivity index (χ2v) is 2.94. The van der Waals surface area contributed by atoms with Crippen LogP contribution in [0.3, 0.4) is 0 Å². The molecular formula is C9H7F2N3O3. The minimum absolute atomic E-state index is 0.362. The first-order valence-electron chi connectivity index (χ1n) is 4.38. The van der Waals surface area contributed by atoms with Crippen LogP contribution in [0, 0.1) is 21.4 Å². The van der Waals surface area contributed by atoms with E-state index in [-0.39, 0.29) is 11.4 Å². The van der Waals surface area contributed by atoms with E-state index in [9.17, 15) is 18.9 Å². The number of ether oxygens (including phenoxy) is 1. The topological polar surface area (TPSA) is 89.0 Å². The molecule has 0 fully saturated rings. The third-order valence-corrected chi connectivity index (χ3v) is 2.02. The van der Waals surface area contributed by atoms with Gasteiger partial charge in [-0.3, -0.25) is 10.1 Å². The lowest BCUT2D eigenvalue weighted by Gasteiger charge is -2.08. The SMILES string of the molecule is COc1ncc(C(F)F)c(CC#N)c1[N+](=O)[O-]. The molecule has 0 aliphatic carbocycles. The lowest BCUT2D eigenvalue weighted by atomic mass is 10.1. The number of nitro groups is 1. The Morgan fingerprint density at radius 3 is 2.76 bits per heavy atom. The first-order valence-corrected chi connectivity index (χ1v) is 4.38. The minimum Gasteiger partial charge on any atom is -0.476 e. The van der Waals surface area contributed by atoms with Gasteiger partial charge >= 0.3 is 5.69 Å². The van der Waals surface area contributed by atoms with Gasteiger partial charge < -0.3 is 4.74 Å². The molecule has 6 nitrogen and oxygen atoms in total. The maximum absolute atomic E-state index is 12.6. The third kappa shape index (κ3) is 2.44. The Kier molecular flexibility index (Phi) is 3.87. The number of rotatable bonds is 4. The third-order valence-electron chi connectivity index (χ3n) is 2.02. The largest absolute Gasteiger partial charge is 0.476 e. The molecule has 1 aromatic rings. The average molecular weight is 243 g/mol. The maximum Gasteiger partial charge on any atom is 0.335 e. The fourth-order valence-corrected chi connectivity index (χ4v) is 1.32. The molecule has 0 saturated carbocycles. The number of hydrogen-bond acceptors (Lipinski definition) is 5. The molecule has 90 valence electrons. The van der Waals surface area contributed by atoms with Crippen molar-refractivity contribution in [1.29, 1.82) is 5.26 Å². The van der Waals surface area contributed by atoms with Crippen LogP contribution in [-0.4, -0.2) is 17.0 Å². The smallest absolute Gasteiger partial charge is 0.335 e. The molecule has 0 aliphatic heterocycles. The van der Waals surface area contributed by atoms with Crippen molar-refractivity contribution < 1.29 is 18.4 Å². The predicted octanol–water partition coefficient (Wildman–Crippen LogP) is 2.00. The second-order valence-electron chi connectivity index (χ2n) is 2.94. The van der Waals surface area contributed by atoms with Gasteiger partial charge in [-0.25, -0.2) is 13.8 Å². The van der Waals surface area contributed by atoms with Gasteiger partial charge in [0.25, 0.3) is 12.3 Å². The summed E-state index contributed by atoms with van der Waals surface area (Å²) in [5.74, 6) is -0.385. The van der Waals surface area contributed by atoms with Crippen molar-refractivity contribution in [1.82, 2.24) is 4.98 Å². The molecule has 0 spiro atoms. The van der Waals surface area contributed by atoms with Crippen molar-refractivity contribution >= 4 is 5.69 Å². The van der Waals surface area contributed by atoms with E-state index in [1.807, 2.05) is 0 Å². The molecule has 0 amide bonds. The van der Waals surface area contributed by atoms with Crippen LogP contribution < -0.4 is 4.74 Å². The molecular weight excluding hydrogens is 236 g/mol. The molecule has 0 aromatic carbocycles. The molecule has 17 heavy (non-hydrogen) atoms. The number of aromatic nitrogens is 1. The first kappa shape index (κ1) is 12.8. The van der Waals surface area contributed by atoms with Crippen molar-refractivity contribution in [2.24, 2.45) is 0 Å². The highest BCUT2D eigenvalue weighted by atomic mass is 19.3. The van der Waals surface area contributed by atoms with E-state index in [1.54, 1.807) is 6.07 Å². The zero-order chi connectivity index (χ0) is 13.0. The Bertz CT molecular complexity index is 485. The van der Waals surface area contributed by atoms with E-state index in [0.717, 1.165) is 13.3 Å². The fourth-order valence-electron chi connectivity index (χ4n) is 1.32. The standard InChI is InChI=1S/C9H7F2N3O3/c1-17-9-7(14(15)16)5(2-3-12)6(4-13-9)8(10)11/h4,8H,2H2,1H3. The first-order chi connectivity index (χ1) is 8.02. The molecule has 0 N–H and O–H groups in total. The summed E-state index contributed by atoms with van der Waals surface area (Å²) in [4.78, 5) is 13.3. The van der Waals surface area contributed by atoms with Gasteiger partial charge in [-0.15, -0.1) is 0 Å². The van der Waals surface area contributed by atoms with Gasteiger partial charge in [0.1, 0.15) is 0 Å². The number of halogens is 2. The van der Waals surface area contributed by atoms with E-state index in [1.165, 1.54) is 0 Å². The molecule has 0 unspecified atom stereocenters. The Morgan fingerprint density at radius 2 is 2.35 bits per heavy atom. The Hall–Kier alpha value is -2.30. The highest BCUT2D eigenvalue weighted by molar-refractivity contribution is 5.53. The molecule has 1 aromatic heterocycles. The average Bonchev–Trinajstić information content (AvgIpc) is 2.27. The Labute approximate surface area is 94.6 Å². The van der Waals surface area contributed by atoms with Gasteiger partial charge in [-0.1, -0.05) is 0 Å². The summed E-state index contributed by atoms with van der Waals surface area (Å²) in [7, 11) is 1.13. The summed E-state index contributed by atoms with van der Waals surface area (Å²) in [6.07, 6.45) is -2.66. The highest BCUT2D eigenvalue weighted by Gasteiger charge is 2.28. The predicted molar refractivity (Wildman–Crippen MR) is 51.7 cm³/mol. The summed E-state index contributed by atoms with van der Waals surface area (Å²) >= 11 is 0. The molecule has 0 aliphatic rings. The van der Waals surface area contributed by atoms with Crippen LogP contribution >= 0.6 is 0 Å². The van der Waals surface area contributed by atoms with Crippen LogP contribution in [0.1, 0.15) is 17.6 Å². The van der Waals surface area contributed by atoms with Gasteiger partial charge in [-0.2, -0.15) is 5.26 Å². The monoisotopic (exact) mass is 243 g/mol. The molecule has 0 saturated heterocycles. The summed E-state index contributed by atoms with van der Waals surface area (Å²) in [6, 6.07) is 1.60. The Balaban J connectivity index is 3.54. The summed E-state index contributed by atoms with van der Waals surface area (Å²) in [5.41, 5.74) is -1.68. The molecule has 0 atom stereocenters. The van der Waals surface area contributed by atoms with Crippen LogP contribution in [-0.2, 0) is 6.42 Å². The second kappa shape index (κ2) is 5.16. The molecule has 1 heterocycles. The lowest BCUT2D eigenvalue weighted by Crippen LogP contribution is -2.05. The lowest BCUT2D eigenvalue weighted by molar-refractivity contribution is -0.386. The number of pyridine rings is 1. The van der Waals surface area contributed by atoms with E-state index in [0.29, 0.717) is 0 Å². The number of hydrogen-bond donors (Lipinski definition) is 0. The van der Waals surface area contributed by atoms with Gasteiger partial charge in [0.2, 0.25) is 0 Å². The van der Waals surface area contributed by atoms with Gasteiger partial charge in [0, 0.05) is 11.8 Å². The summed E-state index contributed by atoms with van der Waals surface area (Å²) in [6.45, 7) is 0. The van der Waals surface area contributed by atoms with Crippen LogP contribution in [0.25, 0.3) is 0 Å². The normalized spacial score (nSPS) is 10.1. The zero-order valence-electron chi connectivity index (χ0n) is 8.68. The molecule has 8 heteroatoms. The van der Waals surface area contributed by atoms with Crippen molar-refractivity contribution in [3.63, 3.8) is 0 Å². The van der Waals surface area contributed by atoms with Gasteiger partial charge in [-0.05, 0) is 0 Å². The van der Waals surface area contributed by atoms with Crippen LogP contribution in [0.4, 0.5) is 14.5 Å². The fraction of sp³-hybridized carbons (Fsp3) is 0.333. The van der Waals surface area contributed by atoms with Crippen molar-refractivity contribution in [2.75, 3.05) is 7.11 Å². The number of alkyl halides is 2. The Morgan fingerprint density at radius 1 is 1.71 bits per heavy atom. The maximum atomic E-state index is 12.6. The van der Waals surface area contributed by atoms with Crippen LogP contribution in [0.2, 0.25) is 0 Å². The number of nitrogens with zero attached hydrogens (tertiary/aromatic N) is 3. The summed E-state index contributed by atoms with van der Waals surface area (Å²) < 4.78 is 29.9. The van der Waals surface area contributed by atoms with Crippen molar-refractivity contribution in [2.45, 2.75) is 12.8 Å². The van der Waals surface area contributed by atoms with E-state index in [4.69, 9.17) is 5.26 Å². The molecule has 0 radical (unpaired) electrons. The van der Waals surface area contributed by atoms with E-state index >= 15 is 0 Å². The minimum atomic E-state index is -2.93. The van der Waals surface area contributed by atoms with Crippen LogP contribution in [0.15, 0.2) is 6.20 Å².